The van der Waals surface area contributed by atoms with Gasteiger partial charge in [-0.1, -0.05) is 42.5 Å². The van der Waals surface area contributed by atoms with Gasteiger partial charge in [-0.15, -0.1) is 0 Å². The van der Waals surface area contributed by atoms with Crippen LogP contribution >= 0.6 is 0 Å². The highest BCUT2D eigenvalue weighted by atomic mass is 15.0. The molecule has 0 radical (unpaired) electrons. The van der Waals surface area contributed by atoms with Gasteiger partial charge in [0, 0.05) is 11.8 Å². The van der Waals surface area contributed by atoms with Gasteiger partial charge in [0.05, 0.1) is 11.6 Å². The van der Waals surface area contributed by atoms with Gasteiger partial charge in [-0.25, -0.2) is 9.97 Å². The molecule has 0 bridgehead atoms. The second-order valence-corrected chi connectivity index (χ2v) is 5.79. The van der Waals surface area contributed by atoms with Gasteiger partial charge in [-0.3, -0.25) is 0 Å². The summed E-state index contributed by atoms with van der Waals surface area (Å²) in [6.07, 6.45) is 1.76. The molecule has 1 aliphatic rings. The number of nitrogens with two attached hydrogens (primary N) is 1. The Labute approximate surface area is 133 Å². The summed E-state index contributed by atoms with van der Waals surface area (Å²) in [6, 6.07) is 18.4. The van der Waals surface area contributed by atoms with E-state index in [0.717, 1.165) is 28.1 Å². The fourth-order valence-electron chi connectivity index (χ4n) is 3.46. The number of hydrogen-bond acceptors (Lipinski definition) is 3. The number of nitrogens with one attached hydrogen (secondary N) is 1. The number of nitrogens with zero attached hydrogens (tertiary/aromatic N) is 2. The van der Waals surface area contributed by atoms with Crippen molar-refractivity contribution in [2.75, 3.05) is 0 Å². The Hall–Kier alpha value is -2.98. The highest BCUT2D eigenvalue weighted by molar-refractivity contribution is 5.91. The van der Waals surface area contributed by atoms with Crippen molar-refractivity contribution in [1.29, 1.82) is 0 Å². The van der Waals surface area contributed by atoms with Crippen LogP contribution < -0.4 is 5.73 Å². The predicted octanol–water partition coefficient (Wildman–Crippen LogP) is 3.65. The minimum atomic E-state index is -0.0800. The van der Waals surface area contributed by atoms with Gasteiger partial charge in [-0.05, 0) is 34.4 Å². The molecule has 1 unspecified atom stereocenters. The van der Waals surface area contributed by atoms with E-state index in [0.29, 0.717) is 0 Å². The Morgan fingerprint density at radius 1 is 0.870 bits per heavy atom. The van der Waals surface area contributed by atoms with Gasteiger partial charge in [-0.2, -0.15) is 0 Å². The number of hydrogen-bond donors (Lipinski definition) is 2. The van der Waals surface area contributed by atoms with Gasteiger partial charge in [0.15, 0.2) is 5.65 Å². The van der Waals surface area contributed by atoms with E-state index < -0.39 is 0 Å². The highest BCUT2D eigenvalue weighted by Gasteiger charge is 2.28. The van der Waals surface area contributed by atoms with Gasteiger partial charge in [0.2, 0.25) is 0 Å². The summed E-state index contributed by atoms with van der Waals surface area (Å²) in [5.74, 6) is 0.833. The molecule has 0 spiro atoms. The van der Waals surface area contributed by atoms with Crippen molar-refractivity contribution >= 4 is 11.2 Å². The topological polar surface area (TPSA) is 67.6 Å². The molecule has 110 valence electrons. The minimum absolute atomic E-state index is 0.0800. The summed E-state index contributed by atoms with van der Waals surface area (Å²) < 4.78 is 0. The van der Waals surface area contributed by atoms with Gasteiger partial charge >= 0.3 is 0 Å². The van der Waals surface area contributed by atoms with E-state index in [1.807, 2.05) is 24.3 Å². The van der Waals surface area contributed by atoms with Crippen molar-refractivity contribution in [1.82, 2.24) is 15.0 Å². The van der Waals surface area contributed by atoms with Crippen LogP contribution in [0.1, 0.15) is 17.2 Å². The van der Waals surface area contributed by atoms with Gasteiger partial charge < -0.3 is 10.7 Å². The normalized spacial score (nSPS) is 15.6. The number of aromatic nitrogens is 3. The number of pyridine rings is 1. The molecule has 5 rings (SSSR count). The number of rotatable bonds is 1. The molecule has 1 atom stereocenters. The van der Waals surface area contributed by atoms with Gasteiger partial charge in [0.1, 0.15) is 5.82 Å². The summed E-state index contributed by atoms with van der Waals surface area (Å²) in [7, 11) is 0. The van der Waals surface area contributed by atoms with Crippen LogP contribution in [0.3, 0.4) is 0 Å². The zero-order chi connectivity index (χ0) is 15.4. The number of imidazole rings is 1. The molecule has 0 fully saturated rings. The average Bonchev–Trinajstić information content (AvgIpc) is 3.15. The lowest BCUT2D eigenvalue weighted by Crippen LogP contribution is -2.07. The summed E-state index contributed by atoms with van der Waals surface area (Å²) in [5, 5.41) is 0. The first-order valence-electron chi connectivity index (χ1n) is 7.62. The van der Waals surface area contributed by atoms with Crippen LogP contribution in [-0.2, 0) is 0 Å². The van der Waals surface area contributed by atoms with Crippen LogP contribution in [0.2, 0.25) is 0 Å². The van der Waals surface area contributed by atoms with Crippen LogP contribution in [0.5, 0.6) is 0 Å². The number of H-pyrrole nitrogens is 1. The molecule has 2 heterocycles. The zero-order valence-corrected chi connectivity index (χ0v) is 12.3. The molecule has 4 nitrogen and oxygen atoms in total. The predicted molar refractivity (Wildman–Crippen MR) is 90.8 cm³/mol. The van der Waals surface area contributed by atoms with Crippen molar-refractivity contribution < 1.29 is 0 Å². The first kappa shape index (κ1) is 12.6. The van der Waals surface area contributed by atoms with Crippen molar-refractivity contribution in [2.24, 2.45) is 5.73 Å². The molecule has 0 aliphatic heterocycles. The molecule has 0 saturated heterocycles. The lowest BCUT2D eigenvalue weighted by atomic mass is 9.99. The first-order valence-corrected chi connectivity index (χ1v) is 7.62. The third kappa shape index (κ3) is 1.69. The second-order valence-electron chi connectivity index (χ2n) is 5.79. The Morgan fingerprint density at radius 2 is 1.70 bits per heavy atom. The molecule has 3 N–H and O–H groups in total. The van der Waals surface area contributed by atoms with Crippen LogP contribution in [-0.4, -0.2) is 15.0 Å². The molecule has 23 heavy (non-hydrogen) atoms. The summed E-state index contributed by atoms with van der Waals surface area (Å²) in [4.78, 5) is 12.3. The number of aromatic amines is 1. The van der Waals surface area contributed by atoms with E-state index in [4.69, 9.17) is 5.73 Å². The Morgan fingerprint density at radius 3 is 2.61 bits per heavy atom. The molecule has 0 saturated carbocycles. The van der Waals surface area contributed by atoms with Crippen molar-refractivity contribution in [3.63, 3.8) is 0 Å². The van der Waals surface area contributed by atoms with Crippen LogP contribution in [0.25, 0.3) is 33.7 Å². The van der Waals surface area contributed by atoms with E-state index >= 15 is 0 Å². The molecule has 2 aromatic heterocycles. The smallest absolute Gasteiger partial charge is 0.178 e. The van der Waals surface area contributed by atoms with E-state index in [9.17, 15) is 0 Å². The summed E-state index contributed by atoms with van der Waals surface area (Å²) >= 11 is 0. The van der Waals surface area contributed by atoms with Crippen LogP contribution in [0.4, 0.5) is 0 Å². The third-order valence-corrected chi connectivity index (χ3v) is 4.51. The molecule has 4 heteroatoms. The second kappa shape index (κ2) is 4.51. The Bertz CT molecular complexity index is 1020. The standard InChI is InChI=1S/C19H14N4/c20-17-12-6-2-1-5-11(12)16-13(17)7-3-8-14(16)18-22-15-9-4-10-21-19(15)23-18/h1-10,17H,20H2,(H,21,22,23). The monoisotopic (exact) mass is 298 g/mol. The molecule has 2 aromatic carbocycles. The molecule has 1 aliphatic carbocycles. The largest absolute Gasteiger partial charge is 0.337 e. The van der Waals surface area contributed by atoms with Crippen LogP contribution in [0, 0.1) is 0 Å². The summed E-state index contributed by atoms with van der Waals surface area (Å²) in [6.45, 7) is 0. The van der Waals surface area contributed by atoms with E-state index in [1.165, 1.54) is 16.7 Å². The summed E-state index contributed by atoms with van der Waals surface area (Å²) in [5.41, 5.74) is 13.9. The third-order valence-electron chi connectivity index (χ3n) is 4.51. The minimum Gasteiger partial charge on any atom is -0.337 e. The van der Waals surface area contributed by atoms with E-state index in [-0.39, 0.29) is 6.04 Å². The van der Waals surface area contributed by atoms with Crippen molar-refractivity contribution in [2.45, 2.75) is 6.04 Å². The SMILES string of the molecule is NC1c2ccccc2-c2c(-c3nc4ncccc4[nH]3)cccc21. The maximum absolute atomic E-state index is 6.44. The zero-order valence-electron chi connectivity index (χ0n) is 12.3. The molecule has 0 amide bonds. The number of fused-ring (bicyclic) bond motifs is 4. The van der Waals surface area contributed by atoms with Crippen molar-refractivity contribution in [3.05, 3.63) is 71.9 Å². The number of benzene rings is 2. The Kier molecular flexibility index (Phi) is 2.46. The van der Waals surface area contributed by atoms with Crippen molar-refractivity contribution in [3.8, 4) is 22.5 Å². The maximum Gasteiger partial charge on any atom is 0.178 e. The first-order chi connectivity index (χ1) is 11.3. The highest BCUT2D eigenvalue weighted by Crippen LogP contribution is 2.46. The molecular formula is C19H14N4. The van der Waals surface area contributed by atoms with Gasteiger partial charge in [0.25, 0.3) is 0 Å². The van der Waals surface area contributed by atoms with Crippen LogP contribution in [0.15, 0.2) is 60.8 Å². The lowest BCUT2D eigenvalue weighted by Gasteiger charge is -2.08. The Balaban J connectivity index is 1.81. The fourth-order valence-corrected chi connectivity index (χ4v) is 3.46. The van der Waals surface area contributed by atoms with E-state index in [2.05, 4.69) is 45.3 Å². The lowest BCUT2D eigenvalue weighted by molar-refractivity contribution is 0.901. The quantitative estimate of drug-likeness (QED) is 0.563. The van der Waals surface area contributed by atoms with E-state index in [1.54, 1.807) is 6.20 Å². The average molecular weight is 298 g/mol. The molecular weight excluding hydrogens is 284 g/mol. The maximum atomic E-state index is 6.44. The molecule has 4 aromatic rings. The fraction of sp³-hybridized carbons (Fsp3) is 0.0526.